The van der Waals surface area contributed by atoms with Gasteiger partial charge in [0.05, 0.1) is 6.42 Å². The first-order valence-electron chi connectivity index (χ1n) is 5.73. The topological polar surface area (TPSA) is 40.5 Å². The minimum Gasteiger partial charge on any atom is -0.481 e. The van der Waals surface area contributed by atoms with Crippen LogP contribution in [0.25, 0.3) is 0 Å². The Labute approximate surface area is 95.2 Å². The SMILES string of the molecule is CC(C1CC1)N1CCSCC1CC(=O)O. The Morgan fingerprint density at radius 1 is 1.60 bits per heavy atom. The maximum atomic E-state index is 10.8. The normalized spacial score (nSPS) is 30.1. The fraction of sp³-hybridized carbons (Fsp3) is 0.909. The van der Waals surface area contributed by atoms with Crippen molar-refractivity contribution >= 4 is 17.7 Å². The molecule has 1 aliphatic carbocycles. The van der Waals surface area contributed by atoms with Crippen LogP contribution < -0.4 is 0 Å². The second kappa shape index (κ2) is 4.74. The van der Waals surface area contributed by atoms with Crippen LogP contribution in [-0.4, -0.2) is 46.1 Å². The summed E-state index contributed by atoms with van der Waals surface area (Å²) in [6.45, 7) is 3.34. The molecule has 0 amide bonds. The van der Waals surface area contributed by atoms with Crippen LogP contribution in [-0.2, 0) is 4.79 Å². The van der Waals surface area contributed by atoms with E-state index in [-0.39, 0.29) is 6.04 Å². The molecule has 0 spiro atoms. The summed E-state index contributed by atoms with van der Waals surface area (Å²) in [6.07, 6.45) is 2.99. The molecule has 1 heterocycles. The van der Waals surface area contributed by atoms with Crippen molar-refractivity contribution in [2.75, 3.05) is 18.1 Å². The van der Waals surface area contributed by atoms with Crippen LogP contribution in [0.5, 0.6) is 0 Å². The van der Waals surface area contributed by atoms with E-state index in [2.05, 4.69) is 11.8 Å². The van der Waals surface area contributed by atoms with Gasteiger partial charge < -0.3 is 5.11 Å². The molecule has 2 atom stereocenters. The fourth-order valence-corrected chi connectivity index (χ4v) is 3.52. The van der Waals surface area contributed by atoms with Gasteiger partial charge in [0.1, 0.15) is 0 Å². The highest BCUT2D eigenvalue weighted by Gasteiger charge is 2.36. The minimum atomic E-state index is -0.657. The lowest BCUT2D eigenvalue weighted by molar-refractivity contribution is -0.138. The Bertz CT molecular complexity index is 243. The van der Waals surface area contributed by atoms with Crippen molar-refractivity contribution in [3.05, 3.63) is 0 Å². The van der Waals surface area contributed by atoms with E-state index in [1.54, 1.807) is 0 Å². The molecule has 2 fully saturated rings. The molecule has 2 rings (SSSR count). The largest absolute Gasteiger partial charge is 0.481 e. The first kappa shape index (κ1) is 11.3. The molecule has 0 radical (unpaired) electrons. The highest BCUT2D eigenvalue weighted by atomic mass is 32.2. The van der Waals surface area contributed by atoms with Gasteiger partial charge >= 0.3 is 5.97 Å². The van der Waals surface area contributed by atoms with Gasteiger partial charge in [0.2, 0.25) is 0 Å². The molecule has 1 N–H and O–H groups in total. The van der Waals surface area contributed by atoms with Crippen LogP contribution in [0.15, 0.2) is 0 Å². The van der Waals surface area contributed by atoms with Crippen LogP contribution in [0.3, 0.4) is 0 Å². The third-order valence-corrected chi connectivity index (χ3v) is 4.60. The van der Waals surface area contributed by atoms with Crippen LogP contribution >= 0.6 is 11.8 Å². The first-order chi connectivity index (χ1) is 7.18. The van der Waals surface area contributed by atoms with Crippen LogP contribution in [0.2, 0.25) is 0 Å². The summed E-state index contributed by atoms with van der Waals surface area (Å²) in [4.78, 5) is 13.2. The molecule has 2 unspecified atom stereocenters. The Morgan fingerprint density at radius 3 is 2.93 bits per heavy atom. The van der Waals surface area contributed by atoms with Crippen molar-refractivity contribution in [3.63, 3.8) is 0 Å². The highest BCUT2D eigenvalue weighted by molar-refractivity contribution is 7.99. The number of carbonyl (C=O) groups is 1. The van der Waals surface area contributed by atoms with E-state index in [0.717, 1.165) is 24.0 Å². The van der Waals surface area contributed by atoms with Gasteiger partial charge in [-0.05, 0) is 25.7 Å². The zero-order valence-corrected chi connectivity index (χ0v) is 10.0. The number of rotatable bonds is 4. The lowest BCUT2D eigenvalue weighted by atomic mass is 10.1. The van der Waals surface area contributed by atoms with Gasteiger partial charge in [-0.25, -0.2) is 0 Å². The summed E-state index contributed by atoms with van der Waals surface area (Å²) in [5.41, 5.74) is 0. The highest BCUT2D eigenvalue weighted by Crippen LogP contribution is 2.37. The number of nitrogens with zero attached hydrogens (tertiary/aromatic N) is 1. The molecule has 0 aromatic heterocycles. The third-order valence-electron chi connectivity index (χ3n) is 3.51. The van der Waals surface area contributed by atoms with Gasteiger partial charge in [-0.15, -0.1) is 0 Å². The summed E-state index contributed by atoms with van der Waals surface area (Å²) in [6, 6.07) is 0.854. The van der Waals surface area contributed by atoms with Gasteiger partial charge in [0.25, 0.3) is 0 Å². The predicted molar refractivity (Wildman–Crippen MR) is 62.3 cm³/mol. The van der Waals surface area contributed by atoms with E-state index < -0.39 is 5.97 Å². The van der Waals surface area contributed by atoms with Crippen molar-refractivity contribution < 1.29 is 9.90 Å². The Morgan fingerprint density at radius 2 is 2.33 bits per heavy atom. The Balaban J connectivity index is 1.94. The Hall–Kier alpha value is -0.220. The number of thioether (sulfide) groups is 1. The molecular formula is C11H19NO2S. The fourth-order valence-electron chi connectivity index (χ4n) is 2.43. The van der Waals surface area contributed by atoms with Gasteiger partial charge in [0, 0.05) is 30.1 Å². The van der Waals surface area contributed by atoms with Crippen molar-refractivity contribution in [2.24, 2.45) is 5.92 Å². The molecule has 1 saturated carbocycles. The zero-order valence-electron chi connectivity index (χ0n) is 9.19. The molecule has 2 aliphatic rings. The average Bonchev–Trinajstić information content (AvgIpc) is 3.00. The lowest BCUT2D eigenvalue weighted by Crippen LogP contribution is -2.49. The van der Waals surface area contributed by atoms with Crippen molar-refractivity contribution in [3.8, 4) is 0 Å². The van der Waals surface area contributed by atoms with Gasteiger partial charge in [0.15, 0.2) is 0 Å². The van der Waals surface area contributed by atoms with Gasteiger partial charge in [-0.2, -0.15) is 11.8 Å². The smallest absolute Gasteiger partial charge is 0.304 e. The summed E-state index contributed by atoms with van der Waals surface area (Å²) in [5.74, 6) is 2.33. The maximum absolute atomic E-state index is 10.8. The second-order valence-corrected chi connectivity index (χ2v) is 5.79. The summed E-state index contributed by atoms with van der Waals surface area (Å²) < 4.78 is 0. The monoisotopic (exact) mass is 229 g/mol. The molecule has 15 heavy (non-hydrogen) atoms. The molecule has 4 heteroatoms. The standard InChI is InChI=1S/C11H19NO2S/c1-8(9-2-3-9)12-4-5-15-7-10(12)6-11(13)14/h8-10H,2-7H2,1H3,(H,13,14). The molecule has 0 aromatic rings. The van der Waals surface area contributed by atoms with Crippen molar-refractivity contribution in [2.45, 2.75) is 38.3 Å². The van der Waals surface area contributed by atoms with E-state index in [1.165, 1.54) is 12.8 Å². The van der Waals surface area contributed by atoms with Gasteiger partial charge in [-0.1, -0.05) is 0 Å². The minimum absolute atomic E-state index is 0.261. The number of aliphatic carboxylic acids is 1. The molecule has 1 aliphatic heterocycles. The molecule has 0 bridgehead atoms. The molecule has 0 aromatic carbocycles. The molecule has 3 nitrogen and oxygen atoms in total. The number of carboxylic acids is 1. The maximum Gasteiger partial charge on any atom is 0.304 e. The predicted octanol–water partition coefficient (Wildman–Crippen LogP) is 1.68. The van der Waals surface area contributed by atoms with E-state index in [9.17, 15) is 4.79 Å². The number of carboxylic acid groups (broad SMARTS) is 1. The van der Waals surface area contributed by atoms with E-state index >= 15 is 0 Å². The second-order valence-electron chi connectivity index (χ2n) is 4.64. The lowest BCUT2D eigenvalue weighted by Gasteiger charge is -2.39. The number of hydrogen-bond donors (Lipinski definition) is 1. The van der Waals surface area contributed by atoms with Gasteiger partial charge in [-0.3, -0.25) is 9.69 Å². The van der Waals surface area contributed by atoms with E-state index in [0.29, 0.717) is 12.5 Å². The number of hydrogen-bond acceptors (Lipinski definition) is 3. The van der Waals surface area contributed by atoms with E-state index in [4.69, 9.17) is 5.11 Å². The summed E-state index contributed by atoms with van der Waals surface area (Å²) in [7, 11) is 0. The van der Waals surface area contributed by atoms with Crippen LogP contribution in [0, 0.1) is 5.92 Å². The van der Waals surface area contributed by atoms with Crippen LogP contribution in [0.4, 0.5) is 0 Å². The van der Waals surface area contributed by atoms with Crippen LogP contribution in [0.1, 0.15) is 26.2 Å². The van der Waals surface area contributed by atoms with Crippen molar-refractivity contribution in [1.82, 2.24) is 4.90 Å². The quantitative estimate of drug-likeness (QED) is 0.796. The zero-order chi connectivity index (χ0) is 10.8. The third kappa shape index (κ3) is 2.88. The summed E-state index contributed by atoms with van der Waals surface area (Å²) >= 11 is 1.89. The van der Waals surface area contributed by atoms with E-state index in [1.807, 2.05) is 11.8 Å². The van der Waals surface area contributed by atoms with Crippen molar-refractivity contribution in [1.29, 1.82) is 0 Å². The molecule has 1 saturated heterocycles. The average molecular weight is 229 g/mol. The Kier molecular flexibility index (Phi) is 3.57. The first-order valence-corrected chi connectivity index (χ1v) is 6.89. The molecular weight excluding hydrogens is 210 g/mol. The molecule has 86 valence electrons. The summed E-state index contributed by atoms with van der Waals surface area (Å²) in [5, 5.41) is 8.88.